The first kappa shape index (κ1) is 74.5. The van der Waals surface area contributed by atoms with E-state index >= 15 is 0 Å². The summed E-state index contributed by atoms with van der Waals surface area (Å²) in [5.41, 5.74) is 6.97. The fraction of sp³-hybridized carbons (Fsp3) is 0.500. The zero-order valence-electron chi connectivity index (χ0n) is 55.6. The number of primary amides is 1. The first-order valence-electron chi connectivity index (χ1n) is 33.8. The van der Waals surface area contributed by atoms with Gasteiger partial charge in [0.15, 0.2) is 0 Å². The van der Waals surface area contributed by atoms with E-state index < -0.39 is 18.0 Å². The zero-order chi connectivity index (χ0) is 67.2. The lowest BCUT2D eigenvalue weighted by Gasteiger charge is -2.21. The summed E-state index contributed by atoms with van der Waals surface area (Å²) < 4.78 is 66.3. The van der Waals surface area contributed by atoms with Gasteiger partial charge in [0, 0.05) is 51.8 Å². The predicted molar refractivity (Wildman–Crippen MR) is 370 cm³/mol. The van der Waals surface area contributed by atoms with Crippen LogP contribution in [0.3, 0.4) is 0 Å². The standard InChI is InChI=1S/C74H97N5O17/c1-2-85-32-33-89-40-41-93-48-49-95-46-43-91-38-35-87-30-26-68(82)79-64(52-60-19-17-58-15-13-54-8-6-10-56-21-23-62(60)71(58)69(54)56)73(83)76-27-5-3-4-12-67(81)78-65(53-61-20-18-59-16-14-55-9-7-11-57-22-24-63(61)72(59)70(55)57)74(84)77-28-31-88-36-39-92-44-47-96-51-50-94-45-42-90-37-34-86-29-25-66(75)80/h6-11,13-24,64-65H,2-5,12,25-53H2,1H3,(H2,75,80)(H,76,83)(H,77,84)(H,78,81)(H,79,82). The monoisotopic (exact) mass is 1330 g/mol. The topological polar surface area (TPSA) is 270 Å². The molecule has 0 bridgehead atoms. The van der Waals surface area contributed by atoms with Gasteiger partial charge >= 0.3 is 0 Å². The molecule has 0 heterocycles. The Labute approximate surface area is 562 Å². The Morgan fingerprint density at radius 2 is 0.656 bits per heavy atom. The van der Waals surface area contributed by atoms with Crippen LogP contribution in [0.2, 0.25) is 0 Å². The van der Waals surface area contributed by atoms with E-state index in [-0.39, 0.29) is 82.1 Å². The van der Waals surface area contributed by atoms with E-state index in [0.717, 1.165) is 65.0 Å². The number of ether oxygens (including phenoxy) is 12. The van der Waals surface area contributed by atoms with Crippen LogP contribution in [0.1, 0.15) is 56.6 Å². The Balaban J connectivity index is 0.762. The number of unbranched alkanes of at least 4 members (excludes halogenated alkanes) is 2. The van der Waals surface area contributed by atoms with Crippen molar-refractivity contribution in [3.8, 4) is 0 Å². The summed E-state index contributed by atoms with van der Waals surface area (Å²) in [5.74, 6) is -1.60. The third kappa shape index (κ3) is 25.0. The molecule has 0 radical (unpaired) electrons. The maximum Gasteiger partial charge on any atom is 0.243 e. The van der Waals surface area contributed by atoms with Gasteiger partial charge in [0.05, 0.1) is 152 Å². The van der Waals surface area contributed by atoms with Crippen LogP contribution in [0.5, 0.6) is 0 Å². The van der Waals surface area contributed by atoms with Crippen LogP contribution in [0.25, 0.3) is 64.6 Å². The average molecular weight is 1330 g/mol. The molecule has 8 aromatic rings. The summed E-state index contributed by atoms with van der Waals surface area (Å²) in [5, 5.41) is 25.5. The lowest BCUT2D eigenvalue weighted by molar-refractivity contribution is -0.129. The van der Waals surface area contributed by atoms with E-state index in [1.54, 1.807) is 0 Å². The molecule has 0 fully saturated rings. The van der Waals surface area contributed by atoms with Gasteiger partial charge in [-0.15, -0.1) is 0 Å². The Morgan fingerprint density at radius 1 is 0.333 bits per heavy atom. The number of hydrogen-bond acceptors (Lipinski definition) is 17. The van der Waals surface area contributed by atoms with Crippen LogP contribution in [0.15, 0.2) is 109 Å². The third-order valence-electron chi connectivity index (χ3n) is 16.2. The smallest absolute Gasteiger partial charge is 0.243 e. The molecule has 22 nitrogen and oxygen atoms in total. The van der Waals surface area contributed by atoms with Crippen molar-refractivity contribution >= 4 is 94.2 Å². The number of nitrogens with one attached hydrogen (secondary N) is 4. The zero-order valence-corrected chi connectivity index (χ0v) is 55.6. The molecular formula is C74H97N5O17. The number of amides is 5. The van der Waals surface area contributed by atoms with E-state index in [0.29, 0.717) is 165 Å². The van der Waals surface area contributed by atoms with Crippen LogP contribution in [0.4, 0.5) is 0 Å². The number of nitrogens with two attached hydrogens (primary N) is 1. The summed E-state index contributed by atoms with van der Waals surface area (Å²) >= 11 is 0. The molecule has 2 unspecified atom stereocenters. The number of benzene rings is 8. The van der Waals surface area contributed by atoms with Gasteiger partial charge in [-0.25, -0.2) is 0 Å². The van der Waals surface area contributed by atoms with Crippen LogP contribution < -0.4 is 27.0 Å². The Hall–Kier alpha value is -7.29. The minimum Gasteiger partial charge on any atom is -0.379 e. The highest BCUT2D eigenvalue weighted by Gasteiger charge is 2.25. The Bertz CT molecular complexity index is 3560. The molecule has 8 aromatic carbocycles. The molecule has 0 aliphatic carbocycles. The van der Waals surface area contributed by atoms with Crippen molar-refractivity contribution in [3.05, 3.63) is 120 Å². The fourth-order valence-electron chi connectivity index (χ4n) is 11.4. The van der Waals surface area contributed by atoms with Gasteiger partial charge in [0.25, 0.3) is 0 Å². The first-order valence-corrected chi connectivity index (χ1v) is 33.8. The average Bonchev–Trinajstić information content (AvgIpc) is 0.753. The fourth-order valence-corrected chi connectivity index (χ4v) is 11.4. The predicted octanol–water partition coefficient (Wildman–Crippen LogP) is 7.51. The van der Waals surface area contributed by atoms with Gasteiger partial charge in [0.2, 0.25) is 29.5 Å². The molecule has 22 heteroatoms. The summed E-state index contributed by atoms with van der Waals surface area (Å²) in [4.78, 5) is 66.3. The van der Waals surface area contributed by atoms with Gasteiger partial charge in [-0.2, -0.15) is 0 Å². The van der Waals surface area contributed by atoms with Crippen LogP contribution in [-0.4, -0.2) is 213 Å². The van der Waals surface area contributed by atoms with Crippen molar-refractivity contribution in [1.29, 1.82) is 0 Å². The molecule has 0 aromatic heterocycles. The van der Waals surface area contributed by atoms with E-state index in [9.17, 15) is 24.0 Å². The highest BCUT2D eigenvalue weighted by molar-refractivity contribution is 6.24. The van der Waals surface area contributed by atoms with Gasteiger partial charge < -0.3 is 83.8 Å². The van der Waals surface area contributed by atoms with E-state index in [1.807, 2.05) is 19.1 Å². The second-order valence-electron chi connectivity index (χ2n) is 23.1. The molecule has 96 heavy (non-hydrogen) atoms. The highest BCUT2D eigenvalue weighted by atomic mass is 16.6. The molecule has 8 rings (SSSR count). The van der Waals surface area contributed by atoms with Gasteiger partial charge in [-0.3, -0.25) is 24.0 Å². The van der Waals surface area contributed by atoms with Gasteiger partial charge in [-0.1, -0.05) is 116 Å². The second kappa shape index (κ2) is 43.1. The molecule has 6 N–H and O–H groups in total. The van der Waals surface area contributed by atoms with Crippen LogP contribution >= 0.6 is 0 Å². The number of carbonyl (C=O) groups is 5. The molecule has 5 amide bonds. The molecule has 0 spiro atoms. The van der Waals surface area contributed by atoms with E-state index in [4.69, 9.17) is 62.6 Å². The van der Waals surface area contributed by atoms with Crippen molar-refractivity contribution in [3.63, 3.8) is 0 Å². The quantitative estimate of drug-likeness (QED) is 0.0182. The summed E-state index contributed by atoms with van der Waals surface area (Å²) in [6.45, 7) is 12.2. The lowest BCUT2D eigenvalue weighted by atomic mass is 9.90. The summed E-state index contributed by atoms with van der Waals surface area (Å²) in [6, 6.07) is 35.9. The van der Waals surface area contributed by atoms with Crippen molar-refractivity contribution < 1.29 is 80.8 Å². The maximum absolute atomic E-state index is 14.2. The van der Waals surface area contributed by atoms with E-state index in [2.05, 4.69) is 118 Å². The van der Waals surface area contributed by atoms with Crippen molar-refractivity contribution in [2.45, 2.75) is 70.4 Å². The summed E-state index contributed by atoms with van der Waals surface area (Å²) in [6.07, 6.45) is 2.67. The van der Waals surface area contributed by atoms with Crippen LogP contribution in [0, 0.1) is 0 Å². The number of rotatable bonds is 54. The molecule has 2 atom stereocenters. The highest BCUT2D eigenvalue weighted by Crippen LogP contribution is 2.38. The normalized spacial score (nSPS) is 12.4. The maximum atomic E-state index is 14.2. The number of carbonyl (C=O) groups excluding carboxylic acids is 5. The minimum atomic E-state index is -0.875. The molecule has 0 saturated carbocycles. The van der Waals surface area contributed by atoms with Crippen molar-refractivity contribution in [2.24, 2.45) is 5.73 Å². The second-order valence-corrected chi connectivity index (χ2v) is 23.1. The lowest BCUT2D eigenvalue weighted by Crippen LogP contribution is -2.48. The van der Waals surface area contributed by atoms with Crippen molar-refractivity contribution in [1.82, 2.24) is 21.3 Å². The minimum absolute atomic E-state index is 0.0505. The summed E-state index contributed by atoms with van der Waals surface area (Å²) in [7, 11) is 0. The molecule has 520 valence electrons. The molecule has 0 saturated heterocycles. The third-order valence-corrected chi connectivity index (χ3v) is 16.2. The number of hydrogen-bond donors (Lipinski definition) is 5. The molecular weight excluding hydrogens is 1230 g/mol. The van der Waals surface area contributed by atoms with Gasteiger partial charge in [0.1, 0.15) is 12.1 Å². The van der Waals surface area contributed by atoms with E-state index in [1.165, 1.54) is 10.8 Å². The van der Waals surface area contributed by atoms with Crippen LogP contribution in [-0.2, 0) is 93.7 Å². The van der Waals surface area contributed by atoms with Crippen molar-refractivity contribution in [2.75, 3.05) is 172 Å². The Morgan fingerprint density at radius 3 is 1.05 bits per heavy atom. The molecule has 0 aliphatic heterocycles. The first-order chi connectivity index (χ1) is 47.2. The molecule has 0 aliphatic rings. The largest absolute Gasteiger partial charge is 0.379 e. The Kier molecular flexibility index (Phi) is 33.4. The van der Waals surface area contributed by atoms with Gasteiger partial charge in [-0.05, 0) is 95.5 Å². The SMILES string of the molecule is CCOCCOCCOCCOCCOCCOCCC(=O)NC(Cc1ccc2ccc3cccc4ccc1c2c34)C(=O)NCCCCCC(=O)NC(Cc1ccc2ccc3cccc4ccc1c2c34)C(=O)NCCOCCOCCOCCOCCOCCOCCC(N)=O.